The summed E-state index contributed by atoms with van der Waals surface area (Å²) in [6, 6.07) is 0. The highest BCUT2D eigenvalue weighted by Gasteiger charge is 2.09. The number of amides is 1. The predicted octanol–water partition coefficient (Wildman–Crippen LogP) is 0.124. The van der Waals surface area contributed by atoms with Gasteiger partial charge >= 0.3 is 0 Å². The first-order valence-electron chi connectivity index (χ1n) is 3.72. The summed E-state index contributed by atoms with van der Waals surface area (Å²) in [6.07, 6.45) is 1.75. The van der Waals surface area contributed by atoms with Gasteiger partial charge in [-0.05, 0) is 7.05 Å². The number of hydroxylamine groups is 2. The molecule has 0 aliphatic heterocycles. The maximum absolute atomic E-state index is 11.2. The molecule has 0 saturated carbocycles. The number of hydrogen-bond donors (Lipinski definition) is 0. The Hall–Kier alpha value is -0.870. The molecule has 0 atom stereocenters. The zero-order valence-electron chi connectivity index (χ0n) is 7.91. The van der Waals surface area contributed by atoms with Crippen LogP contribution in [0.2, 0.25) is 0 Å². The van der Waals surface area contributed by atoms with Gasteiger partial charge in [0.15, 0.2) is 0 Å². The standard InChI is InChI=1S/C8H16N2O2/c1-5-6-9(2)7-8(11)10(3)12-4/h5H,1,6-7H2,2-4H3. The van der Waals surface area contributed by atoms with E-state index in [0.717, 1.165) is 0 Å². The Labute approximate surface area is 73.4 Å². The molecule has 0 spiro atoms. The van der Waals surface area contributed by atoms with E-state index in [1.54, 1.807) is 13.1 Å². The van der Waals surface area contributed by atoms with Crippen LogP contribution in [0.3, 0.4) is 0 Å². The van der Waals surface area contributed by atoms with Gasteiger partial charge in [-0.15, -0.1) is 6.58 Å². The van der Waals surface area contributed by atoms with Crippen molar-refractivity contribution in [3.63, 3.8) is 0 Å². The van der Waals surface area contributed by atoms with E-state index in [2.05, 4.69) is 6.58 Å². The van der Waals surface area contributed by atoms with Crippen molar-refractivity contribution in [1.82, 2.24) is 9.96 Å². The molecule has 0 aliphatic carbocycles. The Balaban J connectivity index is 3.75. The van der Waals surface area contributed by atoms with Crippen molar-refractivity contribution < 1.29 is 9.63 Å². The molecule has 0 radical (unpaired) electrons. The number of rotatable bonds is 5. The molecule has 0 saturated heterocycles. The van der Waals surface area contributed by atoms with E-state index in [-0.39, 0.29) is 5.91 Å². The molecule has 0 aliphatic rings. The number of carbonyl (C=O) groups excluding carboxylic acids is 1. The first-order chi connectivity index (χ1) is 5.61. The lowest BCUT2D eigenvalue weighted by Gasteiger charge is -2.18. The average molecular weight is 172 g/mol. The van der Waals surface area contributed by atoms with Crippen molar-refractivity contribution >= 4 is 5.91 Å². The van der Waals surface area contributed by atoms with E-state index in [9.17, 15) is 4.79 Å². The molecular weight excluding hydrogens is 156 g/mol. The fourth-order valence-electron chi connectivity index (χ4n) is 0.717. The largest absolute Gasteiger partial charge is 0.294 e. The Morgan fingerprint density at radius 2 is 2.17 bits per heavy atom. The molecule has 1 amide bonds. The molecule has 0 aromatic rings. The van der Waals surface area contributed by atoms with E-state index >= 15 is 0 Å². The summed E-state index contributed by atoms with van der Waals surface area (Å²) in [6.45, 7) is 4.62. The average Bonchev–Trinajstić information content (AvgIpc) is 2.03. The van der Waals surface area contributed by atoms with E-state index in [4.69, 9.17) is 4.84 Å². The van der Waals surface area contributed by atoms with Gasteiger partial charge in [-0.2, -0.15) is 0 Å². The van der Waals surface area contributed by atoms with Crippen molar-refractivity contribution in [2.24, 2.45) is 0 Å². The molecular formula is C8H16N2O2. The van der Waals surface area contributed by atoms with Crippen molar-refractivity contribution in [3.05, 3.63) is 12.7 Å². The highest BCUT2D eigenvalue weighted by Crippen LogP contribution is 1.88. The number of nitrogens with zero attached hydrogens (tertiary/aromatic N) is 2. The zero-order valence-corrected chi connectivity index (χ0v) is 7.91. The van der Waals surface area contributed by atoms with Gasteiger partial charge in [0.2, 0.25) is 0 Å². The zero-order chi connectivity index (χ0) is 9.56. The quantitative estimate of drug-likeness (QED) is 0.436. The Kier molecular flexibility index (Phi) is 5.32. The van der Waals surface area contributed by atoms with Crippen LogP contribution < -0.4 is 0 Å². The minimum absolute atomic E-state index is 0.0677. The van der Waals surface area contributed by atoms with Gasteiger partial charge in [0, 0.05) is 13.6 Å². The lowest BCUT2D eigenvalue weighted by molar-refractivity contribution is -0.169. The van der Waals surface area contributed by atoms with Crippen LogP contribution in [0.15, 0.2) is 12.7 Å². The highest BCUT2D eigenvalue weighted by molar-refractivity contribution is 5.76. The van der Waals surface area contributed by atoms with Crippen LogP contribution in [0.5, 0.6) is 0 Å². The summed E-state index contributed by atoms with van der Waals surface area (Å²) in [4.78, 5) is 17.8. The van der Waals surface area contributed by atoms with Crippen LogP contribution in [-0.2, 0) is 9.63 Å². The molecule has 70 valence electrons. The third-order valence-electron chi connectivity index (χ3n) is 1.47. The van der Waals surface area contributed by atoms with Gasteiger partial charge in [0.25, 0.3) is 5.91 Å². The smallest absolute Gasteiger partial charge is 0.259 e. The Morgan fingerprint density at radius 3 is 2.58 bits per heavy atom. The highest BCUT2D eigenvalue weighted by atomic mass is 16.7. The van der Waals surface area contributed by atoms with Crippen LogP contribution >= 0.6 is 0 Å². The summed E-state index contributed by atoms with van der Waals surface area (Å²) < 4.78 is 0. The molecule has 0 aromatic heterocycles. The van der Waals surface area contributed by atoms with Gasteiger partial charge in [-0.3, -0.25) is 14.5 Å². The molecule has 0 bridgehead atoms. The Bertz CT molecular complexity index is 159. The molecule has 0 heterocycles. The van der Waals surface area contributed by atoms with Crippen molar-refractivity contribution in [1.29, 1.82) is 0 Å². The van der Waals surface area contributed by atoms with E-state index < -0.39 is 0 Å². The summed E-state index contributed by atoms with van der Waals surface area (Å²) in [5.41, 5.74) is 0. The van der Waals surface area contributed by atoms with E-state index in [1.165, 1.54) is 12.2 Å². The lowest BCUT2D eigenvalue weighted by atomic mass is 10.5. The maximum atomic E-state index is 11.2. The van der Waals surface area contributed by atoms with Crippen LogP contribution in [-0.4, -0.2) is 50.2 Å². The fourth-order valence-corrected chi connectivity index (χ4v) is 0.717. The topological polar surface area (TPSA) is 32.8 Å². The molecule has 0 rings (SSSR count). The molecule has 4 nitrogen and oxygen atoms in total. The summed E-state index contributed by atoms with van der Waals surface area (Å²) in [5, 5.41) is 1.21. The van der Waals surface area contributed by atoms with E-state index in [1.807, 2.05) is 11.9 Å². The third-order valence-corrected chi connectivity index (χ3v) is 1.47. The van der Waals surface area contributed by atoms with Gasteiger partial charge in [0.05, 0.1) is 13.7 Å². The fraction of sp³-hybridized carbons (Fsp3) is 0.625. The second-order valence-corrected chi connectivity index (χ2v) is 2.56. The van der Waals surface area contributed by atoms with Crippen molar-refractivity contribution in [3.8, 4) is 0 Å². The second-order valence-electron chi connectivity index (χ2n) is 2.56. The van der Waals surface area contributed by atoms with Gasteiger partial charge in [-0.1, -0.05) is 6.08 Å². The number of likely N-dealkylation sites (N-methyl/N-ethyl adjacent to an activating group) is 2. The second kappa shape index (κ2) is 5.74. The molecule has 4 heteroatoms. The van der Waals surface area contributed by atoms with Gasteiger partial charge in [-0.25, -0.2) is 5.06 Å². The first kappa shape index (κ1) is 11.1. The van der Waals surface area contributed by atoms with Crippen LogP contribution in [0.1, 0.15) is 0 Å². The predicted molar refractivity (Wildman–Crippen MR) is 47.5 cm³/mol. The molecule has 0 N–H and O–H groups in total. The third kappa shape index (κ3) is 4.10. The van der Waals surface area contributed by atoms with E-state index in [0.29, 0.717) is 13.1 Å². The maximum Gasteiger partial charge on any atom is 0.259 e. The molecule has 12 heavy (non-hydrogen) atoms. The molecule has 0 unspecified atom stereocenters. The SMILES string of the molecule is C=CCN(C)CC(=O)N(C)OC. The van der Waals surface area contributed by atoms with Crippen molar-refractivity contribution in [2.45, 2.75) is 0 Å². The number of carbonyl (C=O) groups is 1. The summed E-state index contributed by atoms with van der Waals surface area (Å²) in [7, 11) is 4.90. The van der Waals surface area contributed by atoms with Gasteiger partial charge < -0.3 is 0 Å². The molecule has 0 aromatic carbocycles. The van der Waals surface area contributed by atoms with Crippen LogP contribution in [0.25, 0.3) is 0 Å². The normalized spacial score (nSPS) is 10.0. The lowest BCUT2D eigenvalue weighted by Crippen LogP contribution is -2.35. The number of hydrogen-bond acceptors (Lipinski definition) is 3. The molecule has 0 fully saturated rings. The van der Waals surface area contributed by atoms with Crippen LogP contribution in [0.4, 0.5) is 0 Å². The Morgan fingerprint density at radius 1 is 1.58 bits per heavy atom. The monoisotopic (exact) mass is 172 g/mol. The summed E-state index contributed by atoms with van der Waals surface area (Å²) >= 11 is 0. The minimum Gasteiger partial charge on any atom is -0.294 e. The first-order valence-corrected chi connectivity index (χ1v) is 3.72. The van der Waals surface area contributed by atoms with Gasteiger partial charge in [0.1, 0.15) is 0 Å². The minimum atomic E-state index is -0.0677. The van der Waals surface area contributed by atoms with Crippen LogP contribution in [0, 0.1) is 0 Å². The summed E-state index contributed by atoms with van der Waals surface area (Å²) in [5.74, 6) is -0.0677. The van der Waals surface area contributed by atoms with Crippen molar-refractivity contribution in [2.75, 3.05) is 34.3 Å².